The minimum absolute atomic E-state index is 0.122. The smallest absolute Gasteiger partial charge is 0.221 e. The lowest BCUT2D eigenvalue weighted by Gasteiger charge is -2.01. The zero-order valence-electron chi connectivity index (χ0n) is 9.46. The largest absolute Gasteiger partial charge is 0.326 e. The van der Waals surface area contributed by atoms with Crippen molar-refractivity contribution in [2.45, 2.75) is 27.2 Å². The van der Waals surface area contributed by atoms with Crippen molar-refractivity contribution in [3.05, 3.63) is 36.1 Å². The first kappa shape index (κ1) is 13.4. The Morgan fingerprint density at radius 3 is 2.20 bits per heavy atom. The Morgan fingerprint density at radius 1 is 1.20 bits per heavy atom. The van der Waals surface area contributed by atoms with Crippen LogP contribution in [0.2, 0.25) is 0 Å². The molecule has 0 rings (SSSR count). The van der Waals surface area contributed by atoms with Crippen molar-refractivity contribution >= 4 is 11.7 Å². The van der Waals surface area contributed by atoms with Crippen LogP contribution in [0.15, 0.2) is 36.1 Å². The van der Waals surface area contributed by atoms with Gasteiger partial charge in [0.05, 0.1) is 0 Å². The Morgan fingerprint density at radius 2 is 1.80 bits per heavy atom. The molecule has 0 saturated heterocycles. The second kappa shape index (κ2) is 6.76. The van der Waals surface area contributed by atoms with Gasteiger partial charge in [-0.3, -0.25) is 9.59 Å². The van der Waals surface area contributed by atoms with Crippen LogP contribution in [0.3, 0.4) is 0 Å². The summed E-state index contributed by atoms with van der Waals surface area (Å²) in [5.74, 6) is -0.0180. The van der Waals surface area contributed by atoms with Crippen molar-refractivity contribution in [1.82, 2.24) is 5.32 Å². The predicted molar refractivity (Wildman–Crippen MR) is 61.2 cm³/mol. The van der Waals surface area contributed by atoms with Crippen molar-refractivity contribution in [2.75, 3.05) is 0 Å². The van der Waals surface area contributed by atoms with Crippen molar-refractivity contribution in [1.29, 1.82) is 0 Å². The van der Waals surface area contributed by atoms with Gasteiger partial charge in [-0.05, 0) is 26.0 Å². The number of carbonyl (C=O) groups excluding carboxylic acids is 2. The monoisotopic (exact) mass is 207 g/mol. The minimum atomic E-state index is -0.140. The fourth-order valence-electron chi connectivity index (χ4n) is 1.05. The van der Waals surface area contributed by atoms with Crippen molar-refractivity contribution in [3.8, 4) is 0 Å². The number of ketones is 1. The summed E-state index contributed by atoms with van der Waals surface area (Å²) < 4.78 is 0. The molecule has 0 aromatic heterocycles. The lowest BCUT2D eigenvalue weighted by Crippen LogP contribution is -2.17. The van der Waals surface area contributed by atoms with Crippen molar-refractivity contribution < 1.29 is 9.59 Å². The van der Waals surface area contributed by atoms with Crippen LogP contribution in [-0.4, -0.2) is 11.7 Å². The van der Waals surface area contributed by atoms with Crippen LogP contribution in [0.1, 0.15) is 27.2 Å². The quantitative estimate of drug-likeness (QED) is 0.702. The summed E-state index contributed by atoms with van der Waals surface area (Å²) in [6, 6.07) is 0. The highest BCUT2D eigenvalue weighted by Crippen LogP contribution is 2.02. The molecule has 0 aliphatic carbocycles. The molecule has 0 aliphatic rings. The first-order valence-corrected chi connectivity index (χ1v) is 4.72. The van der Waals surface area contributed by atoms with Gasteiger partial charge in [0.2, 0.25) is 5.91 Å². The molecule has 0 heterocycles. The van der Waals surface area contributed by atoms with E-state index in [0.29, 0.717) is 12.1 Å². The highest BCUT2D eigenvalue weighted by molar-refractivity contribution is 5.78. The number of nitrogens with one attached hydrogen (secondary N) is 1. The fourth-order valence-corrected chi connectivity index (χ4v) is 1.05. The first-order valence-electron chi connectivity index (χ1n) is 4.72. The Kier molecular flexibility index (Phi) is 6.02. The summed E-state index contributed by atoms with van der Waals surface area (Å²) in [5, 5.41) is 2.61. The first-order chi connectivity index (χ1) is 6.95. The highest BCUT2D eigenvalue weighted by Gasteiger charge is 1.95. The molecule has 0 fully saturated rings. The molecule has 0 bridgehead atoms. The van der Waals surface area contributed by atoms with E-state index in [1.165, 1.54) is 6.92 Å². The van der Waals surface area contributed by atoms with Gasteiger partial charge in [0.15, 0.2) is 0 Å². The third-order valence-electron chi connectivity index (χ3n) is 1.62. The molecule has 0 saturated carbocycles. The molecular formula is C12H17NO2. The van der Waals surface area contributed by atoms with Gasteiger partial charge in [-0.1, -0.05) is 18.2 Å². The van der Waals surface area contributed by atoms with E-state index in [4.69, 9.17) is 0 Å². The highest BCUT2D eigenvalue weighted by atomic mass is 16.1. The van der Waals surface area contributed by atoms with E-state index in [9.17, 15) is 9.59 Å². The SMILES string of the molecule is C=C/C(=C\C=C(/C)CC(C)=O)NC(C)=O. The van der Waals surface area contributed by atoms with Crippen LogP contribution in [0.4, 0.5) is 0 Å². The topological polar surface area (TPSA) is 46.2 Å². The van der Waals surface area contributed by atoms with Crippen LogP contribution >= 0.6 is 0 Å². The second-order valence-electron chi connectivity index (χ2n) is 3.40. The number of allylic oxidation sites excluding steroid dienone is 4. The zero-order valence-corrected chi connectivity index (χ0v) is 9.46. The van der Waals surface area contributed by atoms with E-state index < -0.39 is 0 Å². The maximum atomic E-state index is 10.8. The van der Waals surface area contributed by atoms with Gasteiger partial charge in [-0.2, -0.15) is 0 Å². The number of Topliss-reactive ketones (excluding diaryl/α,β-unsaturated/α-hetero) is 1. The molecule has 1 N–H and O–H groups in total. The van der Waals surface area contributed by atoms with Crippen LogP contribution in [-0.2, 0) is 9.59 Å². The van der Waals surface area contributed by atoms with E-state index in [0.717, 1.165) is 5.57 Å². The van der Waals surface area contributed by atoms with Gasteiger partial charge in [0.25, 0.3) is 0 Å². The Hall–Kier alpha value is -1.64. The number of carbonyl (C=O) groups is 2. The van der Waals surface area contributed by atoms with Crippen molar-refractivity contribution in [2.24, 2.45) is 0 Å². The number of hydrogen-bond donors (Lipinski definition) is 1. The van der Waals surface area contributed by atoms with Gasteiger partial charge in [0, 0.05) is 19.0 Å². The molecule has 3 nitrogen and oxygen atoms in total. The molecule has 1 amide bonds. The number of hydrogen-bond acceptors (Lipinski definition) is 2. The maximum Gasteiger partial charge on any atom is 0.221 e. The molecule has 0 aromatic carbocycles. The summed E-state index contributed by atoms with van der Waals surface area (Å²) >= 11 is 0. The summed E-state index contributed by atoms with van der Waals surface area (Å²) in [6.45, 7) is 8.42. The van der Waals surface area contributed by atoms with Crippen LogP contribution in [0.25, 0.3) is 0 Å². The van der Waals surface area contributed by atoms with E-state index in [-0.39, 0.29) is 11.7 Å². The van der Waals surface area contributed by atoms with E-state index in [1.807, 2.05) is 6.92 Å². The summed E-state index contributed by atoms with van der Waals surface area (Å²) in [4.78, 5) is 21.6. The minimum Gasteiger partial charge on any atom is -0.326 e. The molecule has 0 spiro atoms. The predicted octanol–water partition coefficient (Wildman–Crippen LogP) is 2.12. The molecular weight excluding hydrogens is 190 g/mol. The van der Waals surface area contributed by atoms with Crippen LogP contribution in [0, 0.1) is 0 Å². The molecule has 0 aromatic rings. The summed E-state index contributed by atoms with van der Waals surface area (Å²) in [5.41, 5.74) is 1.58. The Bertz CT molecular complexity index is 325. The molecule has 0 aliphatic heterocycles. The van der Waals surface area contributed by atoms with Gasteiger partial charge in [0.1, 0.15) is 5.78 Å². The average Bonchev–Trinajstić information content (AvgIpc) is 2.10. The lowest BCUT2D eigenvalue weighted by atomic mass is 10.1. The Balaban J connectivity index is 4.50. The van der Waals surface area contributed by atoms with Crippen LogP contribution < -0.4 is 5.32 Å². The summed E-state index contributed by atoms with van der Waals surface area (Å²) in [6.07, 6.45) is 5.51. The van der Waals surface area contributed by atoms with E-state index >= 15 is 0 Å². The molecule has 3 heteroatoms. The number of amides is 1. The molecule has 0 atom stereocenters. The van der Waals surface area contributed by atoms with Gasteiger partial charge in [-0.15, -0.1) is 0 Å². The third-order valence-corrected chi connectivity index (χ3v) is 1.62. The van der Waals surface area contributed by atoms with Crippen molar-refractivity contribution in [3.63, 3.8) is 0 Å². The lowest BCUT2D eigenvalue weighted by molar-refractivity contribution is -0.118. The maximum absolute atomic E-state index is 10.8. The normalized spacial score (nSPS) is 12.2. The molecule has 0 radical (unpaired) electrons. The molecule has 15 heavy (non-hydrogen) atoms. The van der Waals surface area contributed by atoms with Crippen LogP contribution in [0.5, 0.6) is 0 Å². The molecule has 0 unspecified atom stereocenters. The fraction of sp³-hybridized carbons (Fsp3) is 0.333. The second-order valence-corrected chi connectivity index (χ2v) is 3.40. The number of rotatable bonds is 5. The third kappa shape index (κ3) is 7.43. The van der Waals surface area contributed by atoms with E-state index in [2.05, 4.69) is 11.9 Å². The van der Waals surface area contributed by atoms with Gasteiger partial charge >= 0.3 is 0 Å². The molecule has 82 valence electrons. The van der Waals surface area contributed by atoms with E-state index in [1.54, 1.807) is 25.2 Å². The Labute approximate surface area is 90.6 Å². The summed E-state index contributed by atoms with van der Waals surface area (Å²) in [7, 11) is 0. The average molecular weight is 207 g/mol. The van der Waals surface area contributed by atoms with Gasteiger partial charge in [-0.25, -0.2) is 0 Å². The standard InChI is InChI=1S/C12H17NO2/c1-5-12(13-11(4)15)7-6-9(2)8-10(3)14/h5-7H,1,8H2,2-4H3,(H,13,15)/b9-6+,12-7+. The zero-order chi connectivity index (χ0) is 11.8. The van der Waals surface area contributed by atoms with Gasteiger partial charge < -0.3 is 5.32 Å².